The quantitative estimate of drug-likeness (QED) is 0.285. The Hall–Kier alpha value is -5.01. The Morgan fingerprint density at radius 3 is 2.45 bits per heavy atom. The number of rotatable bonds is 4. The molecule has 2 N–H and O–H groups in total. The molecule has 0 atom stereocenters. The van der Waals surface area contributed by atoms with Crippen LogP contribution in [0, 0.1) is 29.0 Å². The average molecular weight is 433 g/mol. The van der Waals surface area contributed by atoms with Gasteiger partial charge < -0.3 is 0 Å². The third kappa shape index (κ3) is 5.19. The first-order chi connectivity index (χ1) is 16.1. The first-order valence-corrected chi connectivity index (χ1v) is 9.89. The molecule has 6 nitrogen and oxygen atoms in total. The van der Waals surface area contributed by atoms with Crippen LogP contribution in [0.4, 0.5) is 10.3 Å². The SMILES string of the molecule is N#Cc1c(-c2ccccc2)nc(NN=Cc2ccc(F)cc2C#Cc2ccccc2)[nH]c1=O. The minimum Gasteiger partial charge on any atom is -0.290 e. The van der Waals surface area contributed by atoms with E-state index in [1.807, 2.05) is 42.5 Å². The second kappa shape index (κ2) is 9.86. The number of H-pyrrole nitrogens is 1. The number of hydrazone groups is 1. The molecule has 0 fully saturated rings. The first kappa shape index (κ1) is 21.2. The van der Waals surface area contributed by atoms with Crippen molar-refractivity contribution in [3.8, 4) is 29.2 Å². The van der Waals surface area contributed by atoms with E-state index in [4.69, 9.17) is 0 Å². The molecule has 4 aromatic rings. The number of nitrogens with one attached hydrogen (secondary N) is 2. The van der Waals surface area contributed by atoms with Crippen molar-refractivity contribution in [1.82, 2.24) is 9.97 Å². The minimum absolute atomic E-state index is 0.0631. The molecule has 158 valence electrons. The number of hydrogen-bond acceptors (Lipinski definition) is 5. The molecule has 0 saturated carbocycles. The zero-order chi connectivity index (χ0) is 23.0. The Bertz CT molecular complexity index is 1480. The van der Waals surface area contributed by atoms with Crippen LogP contribution < -0.4 is 11.0 Å². The number of anilines is 1. The van der Waals surface area contributed by atoms with E-state index in [1.54, 1.807) is 30.3 Å². The highest BCUT2D eigenvalue weighted by Crippen LogP contribution is 2.19. The maximum absolute atomic E-state index is 13.8. The predicted molar refractivity (Wildman–Crippen MR) is 125 cm³/mol. The lowest BCUT2D eigenvalue weighted by Gasteiger charge is -2.06. The highest BCUT2D eigenvalue weighted by molar-refractivity contribution is 5.84. The highest BCUT2D eigenvalue weighted by atomic mass is 19.1. The van der Waals surface area contributed by atoms with Crippen LogP contribution in [0.1, 0.15) is 22.3 Å². The lowest BCUT2D eigenvalue weighted by Crippen LogP contribution is -2.16. The van der Waals surface area contributed by atoms with E-state index in [0.717, 1.165) is 5.56 Å². The Balaban J connectivity index is 1.62. The van der Waals surface area contributed by atoms with Crippen molar-refractivity contribution in [2.24, 2.45) is 5.10 Å². The van der Waals surface area contributed by atoms with Crippen LogP contribution in [0.15, 0.2) is 88.8 Å². The molecule has 0 aliphatic rings. The van der Waals surface area contributed by atoms with Gasteiger partial charge in [-0.3, -0.25) is 9.78 Å². The van der Waals surface area contributed by atoms with Crippen molar-refractivity contribution in [1.29, 1.82) is 5.26 Å². The van der Waals surface area contributed by atoms with E-state index in [-0.39, 0.29) is 17.2 Å². The molecule has 0 bridgehead atoms. The van der Waals surface area contributed by atoms with Crippen LogP contribution in [0.3, 0.4) is 0 Å². The molecule has 3 aromatic carbocycles. The Labute approximate surface area is 189 Å². The number of hydrogen-bond donors (Lipinski definition) is 2. The third-order valence-corrected chi connectivity index (χ3v) is 4.58. The molecule has 0 radical (unpaired) electrons. The van der Waals surface area contributed by atoms with Crippen LogP contribution in [0.2, 0.25) is 0 Å². The van der Waals surface area contributed by atoms with Gasteiger partial charge in [0, 0.05) is 22.3 Å². The average Bonchev–Trinajstić information content (AvgIpc) is 2.85. The van der Waals surface area contributed by atoms with Gasteiger partial charge in [-0.05, 0) is 30.3 Å². The lowest BCUT2D eigenvalue weighted by atomic mass is 10.1. The molecule has 1 heterocycles. The number of aromatic amines is 1. The fourth-order valence-corrected chi connectivity index (χ4v) is 3.01. The highest BCUT2D eigenvalue weighted by Gasteiger charge is 2.12. The Kier molecular flexibility index (Phi) is 6.35. The zero-order valence-electron chi connectivity index (χ0n) is 17.2. The Morgan fingerprint density at radius 1 is 1.00 bits per heavy atom. The summed E-state index contributed by atoms with van der Waals surface area (Å²) in [6.45, 7) is 0. The van der Waals surface area contributed by atoms with E-state index >= 15 is 0 Å². The maximum atomic E-state index is 13.8. The normalized spacial score (nSPS) is 10.3. The van der Waals surface area contributed by atoms with Gasteiger partial charge in [-0.25, -0.2) is 14.8 Å². The lowest BCUT2D eigenvalue weighted by molar-refractivity contribution is 0.627. The van der Waals surface area contributed by atoms with E-state index in [2.05, 4.69) is 32.3 Å². The number of benzene rings is 3. The van der Waals surface area contributed by atoms with Gasteiger partial charge in [0.15, 0.2) is 0 Å². The molecule has 0 aliphatic heterocycles. The molecule has 0 spiro atoms. The summed E-state index contributed by atoms with van der Waals surface area (Å²) in [7, 11) is 0. The molecule has 0 amide bonds. The summed E-state index contributed by atoms with van der Waals surface area (Å²) in [6.07, 6.45) is 1.45. The van der Waals surface area contributed by atoms with Crippen molar-refractivity contribution in [3.05, 3.63) is 117 Å². The molecule has 7 heteroatoms. The number of aromatic nitrogens is 2. The smallest absolute Gasteiger partial charge is 0.270 e. The molecule has 1 aromatic heterocycles. The number of nitriles is 1. The first-order valence-electron chi connectivity index (χ1n) is 9.89. The van der Waals surface area contributed by atoms with Gasteiger partial charge in [0.25, 0.3) is 5.56 Å². The van der Waals surface area contributed by atoms with Crippen LogP contribution in [-0.4, -0.2) is 16.2 Å². The summed E-state index contributed by atoms with van der Waals surface area (Å²) < 4.78 is 13.8. The largest absolute Gasteiger partial charge is 0.290 e. The molecule has 0 saturated heterocycles. The van der Waals surface area contributed by atoms with Gasteiger partial charge in [-0.15, -0.1) is 0 Å². The van der Waals surface area contributed by atoms with Gasteiger partial charge in [0.1, 0.15) is 17.4 Å². The molecule has 0 aliphatic carbocycles. The van der Waals surface area contributed by atoms with Gasteiger partial charge >= 0.3 is 0 Å². The van der Waals surface area contributed by atoms with E-state index < -0.39 is 11.4 Å². The molecule has 4 rings (SSSR count). The van der Waals surface area contributed by atoms with Crippen LogP contribution >= 0.6 is 0 Å². The maximum Gasteiger partial charge on any atom is 0.270 e. The summed E-state index contributed by atoms with van der Waals surface area (Å²) in [6, 6.07) is 24.4. The zero-order valence-corrected chi connectivity index (χ0v) is 17.2. The summed E-state index contributed by atoms with van der Waals surface area (Å²) >= 11 is 0. The van der Waals surface area contributed by atoms with E-state index in [1.165, 1.54) is 18.3 Å². The fraction of sp³-hybridized carbons (Fsp3) is 0. The van der Waals surface area contributed by atoms with E-state index in [9.17, 15) is 14.4 Å². The molecular weight excluding hydrogens is 417 g/mol. The molecule has 0 unspecified atom stereocenters. The summed E-state index contributed by atoms with van der Waals surface area (Å²) in [5, 5.41) is 13.5. The van der Waals surface area contributed by atoms with Crippen LogP contribution in [0.5, 0.6) is 0 Å². The summed E-state index contributed by atoms with van der Waals surface area (Å²) in [4.78, 5) is 19.2. The second-order valence-corrected chi connectivity index (χ2v) is 6.83. The van der Waals surface area contributed by atoms with Crippen molar-refractivity contribution >= 4 is 12.2 Å². The van der Waals surface area contributed by atoms with Crippen molar-refractivity contribution in [2.75, 3.05) is 5.43 Å². The van der Waals surface area contributed by atoms with Crippen molar-refractivity contribution in [2.45, 2.75) is 0 Å². The van der Waals surface area contributed by atoms with Crippen LogP contribution in [0.25, 0.3) is 11.3 Å². The fourth-order valence-electron chi connectivity index (χ4n) is 3.01. The molecule has 33 heavy (non-hydrogen) atoms. The number of halogens is 1. The third-order valence-electron chi connectivity index (χ3n) is 4.58. The van der Waals surface area contributed by atoms with Crippen molar-refractivity contribution in [3.63, 3.8) is 0 Å². The van der Waals surface area contributed by atoms with E-state index in [0.29, 0.717) is 16.7 Å². The van der Waals surface area contributed by atoms with Crippen LogP contribution in [-0.2, 0) is 0 Å². The topological polar surface area (TPSA) is 93.9 Å². The van der Waals surface area contributed by atoms with Gasteiger partial charge in [-0.1, -0.05) is 60.4 Å². The minimum atomic E-state index is -0.583. The molecular formula is C26H16FN5O. The van der Waals surface area contributed by atoms with Gasteiger partial charge in [0.05, 0.1) is 11.9 Å². The Morgan fingerprint density at radius 2 is 1.73 bits per heavy atom. The number of nitrogens with zero attached hydrogens (tertiary/aromatic N) is 3. The van der Waals surface area contributed by atoms with Gasteiger partial charge in [-0.2, -0.15) is 10.4 Å². The monoisotopic (exact) mass is 433 g/mol. The van der Waals surface area contributed by atoms with Gasteiger partial charge in [0.2, 0.25) is 5.95 Å². The predicted octanol–water partition coefficient (Wildman–Crippen LogP) is 4.29. The van der Waals surface area contributed by atoms with Crippen molar-refractivity contribution < 1.29 is 4.39 Å². The summed E-state index contributed by atoms with van der Waals surface area (Å²) in [5.74, 6) is 5.60. The second-order valence-electron chi connectivity index (χ2n) is 6.83. The summed E-state index contributed by atoms with van der Waals surface area (Å²) in [5.41, 5.74) is 4.70. The standard InChI is InChI=1S/C26H16FN5O/c27-22-14-13-21(20(15-22)12-11-18-7-3-1-4-8-18)17-29-32-26-30-24(19-9-5-2-6-10-19)23(16-28)25(33)31-26/h1-10,13-15,17H,(H2,30,31,32,33).